The molecular formula is C19H27N5O. The predicted molar refractivity (Wildman–Crippen MR) is 98.3 cm³/mol. The Morgan fingerprint density at radius 1 is 1.16 bits per heavy atom. The van der Waals surface area contributed by atoms with Crippen LogP contribution >= 0.6 is 0 Å². The maximum atomic E-state index is 12.3. The van der Waals surface area contributed by atoms with Gasteiger partial charge in [0.1, 0.15) is 5.82 Å². The fourth-order valence-electron chi connectivity index (χ4n) is 3.15. The van der Waals surface area contributed by atoms with E-state index in [1.54, 1.807) is 0 Å². The highest BCUT2D eigenvalue weighted by molar-refractivity contribution is 5.74. The van der Waals surface area contributed by atoms with Crippen molar-refractivity contribution in [2.75, 3.05) is 32.7 Å². The van der Waals surface area contributed by atoms with Crippen molar-refractivity contribution in [2.45, 2.75) is 26.4 Å². The highest BCUT2D eigenvalue weighted by Gasteiger charge is 2.20. The highest BCUT2D eigenvalue weighted by atomic mass is 16.2. The van der Waals surface area contributed by atoms with Gasteiger partial charge in [-0.15, -0.1) is 0 Å². The first-order chi connectivity index (χ1) is 12.2. The number of benzene rings is 1. The van der Waals surface area contributed by atoms with Crippen LogP contribution in [0.15, 0.2) is 42.7 Å². The molecule has 1 aliphatic rings. The second kappa shape index (κ2) is 8.67. The predicted octanol–water partition coefficient (Wildman–Crippen LogP) is 2.11. The second-order valence-corrected chi connectivity index (χ2v) is 6.50. The maximum absolute atomic E-state index is 12.3. The first-order valence-electron chi connectivity index (χ1n) is 8.99. The van der Waals surface area contributed by atoms with Gasteiger partial charge in [-0.05, 0) is 18.9 Å². The maximum Gasteiger partial charge on any atom is 0.317 e. The standard InChI is InChI=1S/C19H27N5O/c1-17-20-9-11-23(17)10-5-8-21-19(25)24-14-12-22(13-15-24)16-18-6-3-2-4-7-18/h2-4,6-7,9,11H,5,8,10,12-16H2,1H3,(H,21,25). The normalized spacial score (nSPS) is 15.3. The van der Waals surface area contributed by atoms with Crippen LogP contribution in [0.25, 0.3) is 0 Å². The molecule has 2 heterocycles. The van der Waals surface area contributed by atoms with Crippen LogP contribution in [0.5, 0.6) is 0 Å². The number of carbonyl (C=O) groups excluding carboxylic acids is 1. The van der Waals surface area contributed by atoms with Gasteiger partial charge >= 0.3 is 6.03 Å². The summed E-state index contributed by atoms with van der Waals surface area (Å²) in [5.41, 5.74) is 1.33. The number of piperazine rings is 1. The molecule has 1 fully saturated rings. The molecule has 0 saturated carbocycles. The quantitative estimate of drug-likeness (QED) is 0.819. The molecular weight excluding hydrogens is 314 g/mol. The Labute approximate surface area is 149 Å². The molecule has 0 bridgehead atoms. The van der Waals surface area contributed by atoms with Crippen LogP contribution in [-0.4, -0.2) is 58.1 Å². The summed E-state index contributed by atoms with van der Waals surface area (Å²) in [7, 11) is 0. The van der Waals surface area contributed by atoms with Gasteiger partial charge < -0.3 is 14.8 Å². The van der Waals surface area contributed by atoms with E-state index in [0.717, 1.165) is 51.5 Å². The van der Waals surface area contributed by atoms with E-state index in [0.29, 0.717) is 6.54 Å². The molecule has 1 aromatic heterocycles. The number of aromatic nitrogens is 2. The minimum atomic E-state index is 0.0571. The van der Waals surface area contributed by atoms with Crippen LogP contribution in [0.2, 0.25) is 0 Å². The smallest absolute Gasteiger partial charge is 0.317 e. The van der Waals surface area contributed by atoms with Crippen molar-refractivity contribution in [1.29, 1.82) is 0 Å². The van der Waals surface area contributed by atoms with Crippen molar-refractivity contribution < 1.29 is 4.79 Å². The molecule has 6 nitrogen and oxygen atoms in total. The number of rotatable bonds is 6. The molecule has 1 N–H and O–H groups in total. The highest BCUT2D eigenvalue weighted by Crippen LogP contribution is 2.08. The van der Waals surface area contributed by atoms with Gasteiger partial charge in [0.15, 0.2) is 0 Å². The lowest BCUT2D eigenvalue weighted by Gasteiger charge is -2.34. The Balaban J connectivity index is 1.33. The summed E-state index contributed by atoms with van der Waals surface area (Å²) < 4.78 is 2.11. The van der Waals surface area contributed by atoms with Crippen LogP contribution in [0.3, 0.4) is 0 Å². The number of aryl methyl sites for hydroxylation is 2. The van der Waals surface area contributed by atoms with E-state index in [9.17, 15) is 4.79 Å². The molecule has 1 aliphatic heterocycles. The van der Waals surface area contributed by atoms with Gasteiger partial charge in [0.05, 0.1) is 0 Å². The monoisotopic (exact) mass is 341 g/mol. The molecule has 2 aromatic rings. The van der Waals surface area contributed by atoms with Crippen molar-refractivity contribution in [1.82, 2.24) is 24.7 Å². The number of amides is 2. The molecule has 0 spiro atoms. The molecule has 0 atom stereocenters. The number of nitrogens with one attached hydrogen (secondary N) is 1. The minimum absolute atomic E-state index is 0.0571. The third-order valence-electron chi connectivity index (χ3n) is 4.68. The Morgan fingerprint density at radius 3 is 2.60 bits per heavy atom. The number of urea groups is 1. The molecule has 134 valence electrons. The summed E-state index contributed by atoms with van der Waals surface area (Å²) in [6.45, 7) is 7.97. The van der Waals surface area contributed by atoms with Gasteiger partial charge in [-0.2, -0.15) is 0 Å². The summed E-state index contributed by atoms with van der Waals surface area (Å²) in [6, 6.07) is 10.6. The van der Waals surface area contributed by atoms with E-state index < -0.39 is 0 Å². The van der Waals surface area contributed by atoms with Gasteiger partial charge in [-0.1, -0.05) is 30.3 Å². The molecule has 1 aromatic carbocycles. The fraction of sp³-hybridized carbons (Fsp3) is 0.474. The van der Waals surface area contributed by atoms with E-state index in [-0.39, 0.29) is 6.03 Å². The van der Waals surface area contributed by atoms with Crippen LogP contribution in [0, 0.1) is 6.92 Å². The molecule has 0 aliphatic carbocycles. The lowest BCUT2D eigenvalue weighted by Crippen LogP contribution is -2.51. The first kappa shape index (κ1) is 17.5. The second-order valence-electron chi connectivity index (χ2n) is 6.50. The van der Waals surface area contributed by atoms with Crippen molar-refractivity contribution in [3.8, 4) is 0 Å². The number of hydrogen-bond donors (Lipinski definition) is 1. The third-order valence-corrected chi connectivity index (χ3v) is 4.68. The van der Waals surface area contributed by atoms with Gasteiger partial charge in [0.2, 0.25) is 0 Å². The van der Waals surface area contributed by atoms with Gasteiger partial charge in [0.25, 0.3) is 0 Å². The zero-order valence-electron chi connectivity index (χ0n) is 14.9. The molecule has 0 unspecified atom stereocenters. The van der Waals surface area contributed by atoms with Crippen LogP contribution in [0.4, 0.5) is 4.79 Å². The summed E-state index contributed by atoms with van der Waals surface area (Å²) in [5.74, 6) is 1.01. The molecule has 0 radical (unpaired) electrons. The average Bonchev–Trinajstić information content (AvgIpc) is 3.05. The van der Waals surface area contributed by atoms with E-state index in [2.05, 4.69) is 44.0 Å². The average molecular weight is 341 g/mol. The summed E-state index contributed by atoms with van der Waals surface area (Å²) in [4.78, 5) is 20.8. The molecule has 6 heteroatoms. The lowest BCUT2D eigenvalue weighted by atomic mass is 10.2. The topological polar surface area (TPSA) is 53.4 Å². The minimum Gasteiger partial charge on any atom is -0.338 e. The van der Waals surface area contributed by atoms with Gasteiger partial charge in [0, 0.05) is 58.2 Å². The summed E-state index contributed by atoms with van der Waals surface area (Å²) >= 11 is 0. The van der Waals surface area contributed by atoms with Crippen LogP contribution < -0.4 is 5.32 Å². The van der Waals surface area contributed by atoms with E-state index in [4.69, 9.17) is 0 Å². The number of nitrogens with zero attached hydrogens (tertiary/aromatic N) is 4. The van der Waals surface area contributed by atoms with Gasteiger partial charge in [-0.25, -0.2) is 9.78 Å². The molecule has 3 rings (SSSR count). The Kier molecular flexibility index (Phi) is 6.06. The van der Waals surface area contributed by atoms with Crippen LogP contribution in [0.1, 0.15) is 17.8 Å². The fourth-order valence-corrected chi connectivity index (χ4v) is 3.15. The van der Waals surface area contributed by atoms with Crippen molar-refractivity contribution in [2.24, 2.45) is 0 Å². The Morgan fingerprint density at radius 2 is 1.92 bits per heavy atom. The van der Waals surface area contributed by atoms with Crippen molar-refractivity contribution in [3.63, 3.8) is 0 Å². The summed E-state index contributed by atoms with van der Waals surface area (Å²) in [6.07, 6.45) is 4.70. The van der Waals surface area contributed by atoms with Crippen molar-refractivity contribution in [3.05, 3.63) is 54.1 Å². The Bertz CT molecular complexity index is 661. The Hall–Kier alpha value is -2.34. The van der Waals surface area contributed by atoms with E-state index in [1.165, 1.54) is 5.56 Å². The zero-order chi connectivity index (χ0) is 17.5. The van der Waals surface area contributed by atoms with Crippen molar-refractivity contribution >= 4 is 6.03 Å². The summed E-state index contributed by atoms with van der Waals surface area (Å²) in [5, 5.41) is 3.03. The number of hydrogen-bond acceptors (Lipinski definition) is 3. The first-order valence-corrected chi connectivity index (χ1v) is 8.99. The molecule has 25 heavy (non-hydrogen) atoms. The van der Waals surface area contributed by atoms with Crippen LogP contribution in [-0.2, 0) is 13.1 Å². The zero-order valence-corrected chi connectivity index (χ0v) is 14.9. The van der Waals surface area contributed by atoms with Gasteiger partial charge in [-0.3, -0.25) is 4.90 Å². The molecule has 1 saturated heterocycles. The lowest BCUT2D eigenvalue weighted by molar-refractivity contribution is 0.135. The number of carbonyl (C=O) groups is 1. The third kappa shape index (κ3) is 5.06. The largest absolute Gasteiger partial charge is 0.338 e. The SMILES string of the molecule is Cc1nccn1CCCNC(=O)N1CCN(Cc2ccccc2)CC1. The molecule has 2 amide bonds. The van der Waals surface area contributed by atoms with E-state index in [1.807, 2.05) is 30.3 Å². The number of imidazole rings is 1. The van der Waals surface area contributed by atoms with E-state index >= 15 is 0 Å².